The number of nitrogens with zero attached hydrogens (tertiary/aromatic N) is 3. The van der Waals surface area contributed by atoms with Gasteiger partial charge < -0.3 is 25.0 Å². The number of β-amino-alcohol motifs (C(OH)–C–C–N with tert-alkyl or cyclic N) is 1. The maximum absolute atomic E-state index is 13.5. The molecule has 35 heavy (non-hydrogen) atoms. The highest BCUT2D eigenvalue weighted by Crippen LogP contribution is 2.31. The molecule has 2 N–H and O–H groups in total. The monoisotopic (exact) mass is 484 g/mol. The number of nitrogens with one attached hydrogen (secondary N) is 1. The van der Waals surface area contributed by atoms with Gasteiger partial charge in [0.25, 0.3) is 5.91 Å². The van der Waals surface area contributed by atoms with E-state index in [4.69, 9.17) is 4.74 Å². The Hall–Kier alpha value is -2.49. The second kappa shape index (κ2) is 9.19. The number of aliphatic hydroxyl groups excluding tert-OH is 1. The van der Waals surface area contributed by atoms with Crippen LogP contribution in [0, 0.1) is 5.41 Å². The average molecular weight is 485 g/mol. The van der Waals surface area contributed by atoms with Crippen LogP contribution >= 0.6 is 0 Å². The van der Waals surface area contributed by atoms with E-state index in [1.807, 2.05) is 32.9 Å². The van der Waals surface area contributed by atoms with Crippen LogP contribution in [0.1, 0.15) is 44.0 Å². The van der Waals surface area contributed by atoms with Crippen LogP contribution in [-0.2, 0) is 14.3 Å². The van der Waals surface area contributed by atoms with E-state index in [0.29, 0.717) is 5.56 Å². The summed E-state index contributed by atoms with van der Waals surface area (Å²) in [4.78, 5) is 45.3. The Bertz CT molecular complexity index is 978. The molecule has 2 amide bonds. The first-order valence-corrected chi connectivity index (χ1v) is 12.7. The highest BCUT2D eigenvalue weighted by Gasteiger charge is 2.53. The smallest absolute Gasteiger partial charge is 0.251 e. The molecular weight excluding hydrogens is 448 g/mol. The lowest BCUT2D eigenvalue weighted by molar-refractivity contribution is -0.140. The molecule has 3 heterocycles. The van der Waals surface area contributed by atoms with Crippen molar-refractivity contribution in [1.82, 2.24) is 15.1 Å². The first-order chi connectivity index (χ1) is 16.6. The Morgan fingerprint density at radius 2 is 1.74 bits per heavy atom. The van der Waals surface area contributed by atoms with Crippen LogP contribution in [-0.4, -0.2) is 102 Å². The molecule has 9 nitrogen and oxygen atoms in total. The zero-order valence-corrected chi connectivity index (χ0v) is 20.8. The molecule has 0 spiro atoms. The summed E-state index contributed by atoms with van der Waals surface area (Å²) in [5.74, 6) is -0.928. The van der Waals surface area contributed by atoms with Crippen molar-refractivity contribution in [3.05, 3.63) is 29.8 Å². The molecule has 4 aliphatic rings. The SMILES string of the molecule is CC(C)(C)C(NC(=O)c1ccc(N2CCN(C3CC3)CC2)cc1)C(=O)N1C[C@H](O)[C@H]2OCC(=O)[C@H]21. The molecule has 1 aromatic rings. The summed E-state index contributed by atoms with van der Waals surface area (Å²) in [6, 6.07) is 6.66. The van der Waals surface area contributed by atoms with E-state index in [0.717, 1.165) is 37.9 Å². The van der Waals surface area contributed by atoms with Crippen LogP contribution in [0.25, 0.3) is 0 Å². The Morgan fingerprint density at radius 3 is 2.34 bits per heavy atom. The number of amides is 2. The van der Waals surface area contributed by atoms with Crippen molar-refractivity contribution in [3.63, 3.8) is 0 Å². The van der Waals surface area contributed by atoms with E-state index in [1.54, 1.807) is 12.1 Å². The van der Waals surface area contributed by atoms with E-state index in [2.05, 4.69) is 15.1 Å². The van der Waals surface area contributed by atoms with Crippen molar-refractivity contribution in [1.29, 1.82) is 0 Å². The predicted molar refractivity (Wildman–Crippen MR) is 130 cm³/mol. The third-order valence-electron chi connectivity index (χ3n) is 7.70. The molecule has 9 heteroatoms. The summed E-state index contributed by atoms with van der Waals surface area (Å²) in [5, 5.41) is 13.2. The molecule has 0 aromatic heterocycles. The number of likely N-dealkylation sites (tertiary alicyclic amines) is 1. The molecule has 4 atom stereocenters. The van der Waals surface area contributed by atoms with Crippen LogP contribution in [0.2, 0.25) is 0 Å². The highest BCUT2D eigenvalue weighted by molar-refractivity contribution is 5.99. The predicted octanol–water partition coefficient (Wildman–Crippen LogP) is 0.655. The van der Waals surface area contributed by atoms with E-state index < -0.39 is 29.7 Å². The first-order valence-electron chi connectivity index (χ1n) is 12.7. The number of anilines is 1. The number of hydrogen-bond donors (Lipinski definition) is 2. The number of ether oxygens (including phenoxy) is 1. The van der Waals surface area contributed by atoms with Crippen LogP contribution in [0.15, 0.2) is 24.3 Å². The minimum absolute atomic E-state index is 0.0189. The van der Waals surface area contributed by atoms with Crippen molar-refractivity contribution in [3.8, 4) is 0 Å². The van der Waals surface area contributed by atoms with Gasteiger partial charge in [0.05, 0.1) is 6.54 Å². The number of aliphatic hydroxyl groups is 1. The molecular formula is C26H36N4O5. The van der Waals surface area contributed by atoms with Crippen molar-refractivity contribution >= 4 is 23.3 Å². The van der Waals surface area contributed by atoms with Gasteiger partial charge in [0, 0.05) is 43.5 Å². The number of piperazine rings is 1. The van der Waals surface area contributed by atoms with Gasteiger partial charge in [-0.15, -0.1) is 0 Å². The maximum Gasteiger partial charge on any atom is 0.251 e. The summed E-state index contributed by atoms with van der Waals surface area (Å²) >= 11 is 0. The van der Waals surface area contributed by atoms with Gasteiger partial charge in [-0.3, -0.25) is 19.3 Å². The standard InChI is InChI=1S/C26H36N4O5/c1-26(2,3)23(25(34)30-14-19(31)22-21(30)20(32)15-35-22)27-24(33)16-4-6-17(7-5-16)28-10-12-29(13-11-28)18-8-9-18/h4-7,18-19,21-23,31H,8-15H2,1-3H3,(H,27,33)/t19-,21+,22+,23?/m0/s1. The van der Waals surface area contributed by atoms with Gasteiger partial charge >= 0.3 is 0 Å². The van der Waals surface area contributed by atoms with E-state index in [9.17, 15) is 19.5 Å². The van der Waals surface area contributed by atoms with E-state index >= 15 is 0 Å². The number of carbonyl (C=O) groups excluding carboxylic acids is 3. The number of fused-ring (bicyclic) bond motifs is 1. The van der Waals surface area contributed by atoms with Gasteiger partial charge in [0.2, 0.25) is 5.91 Å². The Kier molecular flexibility index (Phi) is 6.35. The van der Waals surface area contributed by atoms with Gasteiger partial charge in [0.1, 0.15) is 30.9 Å². The lowest BCUT2D eigenvalue weighted by Crippen LogP contribution is -2.57. The number of benzene rings is 1. The lowest BCUT2D eigenvalue weighted by Gasteiger charge is -2.36. The molecule has 3 saturated heterocycles. The van der Waals surface area contributed by atoms with Crippen LogP contribution in [0.5, 0.6) is 0 Å². The Labute approximate surface area is 206 Å². The Morgan fingerprint density at radius 1 is 1.09 bits per heavy atom. The summed E-state index contributed by atoms with van der Waals surface area (Å²) in [7, 11) is 0. The molecule has 190 valence electrons. The van der Waals surface area contributed by atoms with Crippen LogP contribution < -0.4 is 10.2 Å². The lowest BCUT2D eigenvalue weighted by atomic mass is 9.85. The maximum atomic E-state index is 13.5. The van der Waals surface area contributed by atoms with Crippen molar-refractivity contribution < 1.29 is 24.2 Å². The fraction of sp³-hybridized carbons (Fsp3) is 0.654. The second-order valence-corrected chi connectivity index (χ2v) is 11.3. The quantitative estimate of drug-likeness (QED) is 0.633. The normalized spacial score (nSPS) is 28.2. The number of hydrogen-bond acceptors (Lipinski definition) is 7. The number of ketones is 1. The van der Waals surface area contributed by atoms with Gasteiger partial charge in [-0.25, -0.2) is 0 Å². The largest absolute Gasteiger partial charge is 0.388 e. The third kappa shape index (κ3) is 4.81. The average Bonchev–Trinajstić information content (AvgIpc) is 3.54. The molecule has 4 fully saturated rings. The van der Waals surface area contributed by atoms with Crippen molar-refractivity contribution in [2.75, 3.05) is 44.2 Å². The van der Waals surface area contributed by atoms with Crippen molar-refractivity contribution in [2.24, 2.45) is 5.41 Å². The Balaban J connectivity index is 1.25. The first kappa shape index (κ1) is 24.2. The molecule has 3 aliphatic heterocycles. The summed E-state index contributed by atoms with van der Waals surface area (Å²) in [6.45, 7) is 9.64. The topological polar surface area (TPSA) is 102 Å². The molecule has 0 bridgehead atoms. The zero-order chi connectivity index (χ0) is 24.9. The summed E-state index contributed by atoms with van der Waals surface area (Å²) in [5.41, 5.74) is 0.976. The van der Waals surface area contributed by atoms with Gasteiger partial charge in [-0.2, -0.15) is 0 Å². The van der Waals surface area contributed by atoms with Gasteiger partial charge in [0.15, 0.2) is 5.78 Å². The van der Waals surface area contributed by atoms with Gasteiger partial charge in [-0.05, 0) is 42.5 Å². The molecule has 1 unspecified atom stereocenters. The minimum Gasteiger partial charge on any atom is -0.388 e. The second-order valence-electron chi connectivity index (χ2n) is 11.3. The number of Topliss-reactive ketones (excluding diaryl/α,β-unsaturated/α-hetero) is 1. The van der Waals surface area contributed by atoms with Crippen LogP contribution in [0.3, 0.4) is 0 Å². The minimum atomic E-state index is -0.912. The fourth-order valence-corrected chi connectivity index (χ4v) is 5.49. The molecule has 1 saturated carbocycles. The van der Waals surface area contributed by atoms with Gasteiger partial charge in [-0.1, -0.05) is 20.8 Å². The van der Waals surface area contributed by atoms with Crippen molar-refractivity contribution in [2.45, 2.75) is 63.9 Å². The van der Waals surface area contributed by atoms with E-state index in [-0.39, 0.29) is 30.7 Å². The van der Waals surface area contributed by atoms with Crippen LogP contribution in [0.4, 0.5) is 5.69 Å². The zero-order valence-electron chi connectivity index (χ0n) is 20.8. The summed E-state index contributed by atoms with van der Waals surface area (Å²) < 4.78 is 5.39. The molecule has 1 aromatic carbocycles. The van der Waals surface area contributed by atoms with E-state index in [1.165, 1.54) is 17.7 Å². The fourth-order valence-electron chi connectivity index (χ4n) is 5.49. The summed E-state index contributed by atoms with van der Waals surface area (Å²) in [6.07, 6.45) is 1.05. The highest BCUT2D eigenvalue weighted by atomic mass is 16.5. The molecule has 0 radical (unpaired) electrons. The molecule has 1 aliphatic carbocycles. The molecule has 5 rings (SSSR count). The number of carbonyl (C=O) groups is 3. The third-order valence-corrected chi connectivity index (χ3v) is 7.70. The number of rotatable bonds is 5.